The first-order chi connectivity index (χ1) is 21.7. The van der Waals surface area contributed by atoms with Crippen LogP contribution in [0, 0.1) is 5.82 Å². The Balaban J connectivity index is 1.23. The minimum atomic E-state index is -0.891. The Morgan fingerprint density at radius 1 is 1.11 bits per heavy atom. The van der Waals surface area contributed by atoms with E-state index >= 15 is 0 Å². The summed E-state index contributed by atoms with van der Waals surface area (Å²) in [5.74, 6) is -0.207. The van der Waals surface area contributed by atoms with Crippen LogP contribution < -0.4 is 31.0 Å². The van der Waals surface area contributed by atoms with Crippen molar-refractivity contribution < 1.29 is 23.7 Å². The van der Waals surface area contributed by atoms with Gasteiger partial charge in [0.1, 0.15) is 11.5 Å². The molecule has 0 spiro atoms. The highest BCUT2D eigenvalue weighted by Gasteiger charge is 2.29. The van der Waals surface area contributed by atoms with Crippen LogP contribution in [0.1, 0.15) is 36.2 Å². The van der Waals surface area contributed by atoms with Crippen molar-refractivity contribution in [3.05, 3.63) is 59.5 Å². The van der Waals surface area contributed by atoms with Crippen LogP contribution in [-0.2, 0) is 11.2 Å². The Bertz CT molecular complexity index is 1730. The minimum absolute atomic E-state index is 0.0977. The number of carbonyl (C=O) groups is 2. The lowest BCUT2D eigenvalue weighted by Gasteiger charge is -2.37. The Morgan fingerprint density at radius 2 is 1.91 bits per heavy atom. The van der Waals surface area contributed by atoms with Gasteiger partial charge in [0.05, 0.1) is 29.4 Å². The summed E-state index contributed by atoms with van der Waals surface area (Å²) >= 11 is 0. The molecule has 4 aromatic rings. The molecule has 236 valence electrons. The third-order valence-corrected chi connectivity index (χ3v) is 8.61. The number of anilines is 5. The van der Waals surface area contributed by atoms with E-state index in [0.29, 0.717) is 53.2 Å². The molecule has 12 nitrogen and oxygen atoms in total. The molecule has 6 rings (SSSR count). The van der Waals surface area contributed by atoms with E-state index < -0.39 is 11.7 Å². The van der Waals surface area contributed by atoms with Gasteiger partial charge in [0, 0.05) is 64.0 Å². The van der Waals surface area contributed by atoms with Gasteiger partial charge in [-0.3, -0.25) is 24.8 Å². The smallest absolute Gasteiger partial charge is 0.351 e. The van der Waals surface area contributed by atoms with Gasteiger partial charge in [-0.05, 0) is 50.1 Å². The number of benzene rings is 2. The van der Waals surface area contributed by atoms with Crippen LogP contribution >= 0.6 is 0 Å². The molecule has 2 aromatic carbocycles. The number of aromatic nitrogens is 3. The summed E-state index contributed by atoms with van der Waals surface area (Å²) in [7, 11) is 1.59. The number of nitrogens with one attached hydrogen (secondary N) is 4. The van der Waals surface area contributed by atoms with Crippen LogP contribution in [0.2, 0.25) is 0 Å². The highest BCUT2D eigenvalue weighted by molar-refractivity contribution is 6.01. The first kappa shape index (κ1) is 30.3. The van der Waals surface area contributed by atoms with E-state index in [-0.39, 0.29) is 17.2 Å². The number of fused-ring (bicyclic) bond motifs is 2. The number of nitrogens with two attached hydrogens (primary N) is 1. The highest BCUT2D eigenvalue weighted by Crippen LogP contribution is 2.39. The minimum Gasteiger partial charge on any atom is -0.493 e. The number of halogens is 1. The summed E-state index contributed by atoms with van der Waals surface area (Å²) in [6, 6.07) is 10.4. The van der Waals surface area contributed by atoms with E-state index in [1.165, 1.54) is 12.1 Å². The van der Waals surface area contributed by atoms with Crippen molar-refractivity contribution in [3.63, 3.8) is 0 Å². The molecule has 1 saturated heterocycles. The second-order valence-electron chi connectivity index (χ2n) is 11.7. The van der Waals surface area contributed by atoms with Gasteiger partial charge in [-0.1, -0.05) is 11.1 Å². The van der Waals surface area contributed by atoms with E-state index in [4.69, 9.17) is 15.5 Å². The van der Waals surface area contributed by atoms with Crippen molar-refractivity contribution in [1.82, 2.24) is 19.8 Å². The molecular weight excluding hydrogens is 577 g/mol. The van der Waals surface area contributed by atoms with Crippen molar-refractivity contribution >= 4 is 51.7 Å². The quantitative estimate of drug-likeness (QED) is 0.212. The topological polar surface area (TPSA) is 146 Å². The number of hydrogen-bond donors (Lipinski definition) is 4. The predicted molar refractivity (Wildman–Crippen MR) is 171 cm³/mol. The molecule has 0 aliphatic carbocycles. The normalized spacial score (nSPS) is 15.4. The summed E-state index contributed by atoms with van der Waals surface area (Å²) in [6.45, 7) is 9.80. The van der Waals surface area contributed by atoms with Crippen LogP contribution in [0.3, 0.4) is 0 Å². The van der Waals surface area contributed by atoms with Gasteiger partial charge in [0.2, 0.25) is 17.4 Å². The maximum absolute atomic E-state index is 14.5. The lowest BCUT2D eigenvalue weighted by molar-refractivity contribution is -0.333. The van der Waals surface area contributed by atoms with Crippen molar-refractivity contribution in [1.29, 1.82) is 0 Å². The number of nitrogens with zero attached hydrogens (tertiary/aromatic N) is 4. The summed E-state index contributed by atoms with van der Waals surface area (Å²) in [5, 5.41) is 7.05. The lowest BCUT2D eigenvalue weighted by Crippen LogP contribution is -2.49. The Labute approximate surface area is 260 Å². The van der Waals surface area contributed by atoms with Crippen molar-refractivity contribution in [2.75, 3.05) is 61.9 Å². The van der Waals surface area contributed by atoms with E-state index in [1.807, 2.05) is 17.0 Å². The van der Waals surface area contributed by atoms with Crippen LogP contribution in [0.15, 0.2) is 42.6 Å². The van der Waals surface area contributed by atoms with Gasteiger partial charge in [0.15, 0.2) is 5.75 Å². The molecule has 6 N–H and O–H groups in total. The molecular formula is C32H39FN9O3+. The number of amides is 2. The van der Waals surface area contributed by atoms with E-state index in [9.17, 15) is 14.0 Å². The molecule has 2 aromatic heterocycles. The molecule has 1 fully saturated rings. The van der Waals surface area contributed by atoms with Crippen molar-refractivity contribution in [3.8, 4) is 5.75 Å². The third-order valence-electron chi connectivity index (χ3n) is 8.61. The number of methoxy groups -OCH3 is 1. The van der Waals surface area contributed by atoms with Gasteiger partial charge in [-0.15, -0.1) is 0 Å². The van der Waals surface area contributed by atoms with Crippen molar-refractivity contribution in [2.24, 2.45) is 5.73 Å². The molecule has 0 saturated carbocycles. The summed E-state index contributed by atoms with van der Waals surface area (Å²) in [4.78, 5) is 43.2. The zero-order chi connectivity index (χ0) is 31.7. The fraction of sp³-hybridized carbons (Fsp3) is 0.375. The average molecular weight is 617 g/mol. The van der Waals surface area contributed by atoms with E-state index in [1.54, 1.807) is 25.4 Å². The van der Waals surface area contributed by atoms with Gasteiger partial charge in [-0.25, -0.2) is 9.37 Å². The van der Waals surface area contributed by atoms with Crippen LogP contribution in [0.25, 0.3) is 11.0 Å². The maximum Gasteiger partial charge on any atom is 0.351 e. The molecule has 0 radical (unpaired) electrons. The molecule has 0 atom stereocenters. The summed E-state index contributed by atoms with van der Waals surface area (Å²) in [6.07, 6.45) is 2.94. The molecule has 0 unspecified atom stereocenters. The molecule has 0 bridgehead atoms. The first-order valence-electron chi connectivity index (χ1n) is 15.2. The SMILES string of the molecule is COc1cc2c(cc1Nc1nc(Nc3cccc(F)c3C(N)=O)c3cc[nH]c3[nH+]1)N(C(=O)CCN1CCN(C(C)C)CC1)CC2. The number of hydrogen-bond acceptors (Lipinski definition) is 8. The fourth-order valence-electron chi connectivity index (χ4n) is 6.11. The molecule has 2 amide bonds. The number of aromatic amines is 2. The van der Waals surface area contributed by atoms with Gasteiger partial charge >= 0.3 is 5.95 Å². The van der Waals surface area contributed by atoms with Gasteiger partial charge in [-0.2, -0.15) is 0 Å². The molecule has 45 heavy (non-hydrogen) atoms. The van der Waals surface area contributed by atoms with Crippen LogP contribution in [0.4, 0.5) is 33.2 Å². The van der Waals surface area contributed by atoms with Gasteiger partial charge in [0.25, 0.3) is 5.91 Å². The number of ether oxygens (including phenoxy) is 1. The number of primary amides is 1. The standard InChI is InChI=1S/C32H38FN9O3/c1-19(2)41-15-13-40(14-16-41)11-9-27(43)42-12-8-20-17-26(45-3)24(18-25(20)42)37-32-38-30-21(7-10-35-30)31(39-32)36-23-6-4-5-22(33)28(23)29(34)44/h4-7,10,17-19H,8-9,11-16H2,1-3H3,(H2,34,44)(H3,35,36,37,38,39)/p+1. The Hall–Kier alpha value is -4.75. The average Bonchev–Trinajstić information content (AvgIpc) is 3.66. The van der Waals surface area contributed by atoms with Crippen LogP contribution in [0.5, 0.6) is 5.75 Å². The second-order valence-corrected chi connectivity index (χ2v) is 11.7. The largest absolute Gasteiger partial charge is 0.493 e. The Kier molecular flexibility index (Phi) is 8.55. The number of piperazine rings is 1. The third kappa shape index (κ3) is 6.26. The maximum atomic E-state index is 14.5. The zero-order valence-electron chi connectivity index (χ0n) is 25.7. The summed E-state index contributed by atoms with van der Waals surface area (Å²) < 4.78 is 20.2. The van der Waals surface area contributed by atoms with E-state index in [0.717, 1.165) is 50.4 Å². The first-order valence-corrected chi connectivity index (χ1v) is 15.2. The summed E-state index contributed by atoms with van der Waals surface area (Å²) in [5.41, 5.74) is 8.54. The molecule has 13 heteroatoms. The fourth-order valence-corrected chi connectivity index (χ4v) is 6.11. The number of rotatable bonds is 10. The van der Waals surface area contributed by atoms with Crippen molar-refractivity contribution in [2.45, 2.75) is 32.7 Å². The molecule has 2 aliphatic heterocycles. The van der Waals surface area contributed by atoms with E-state index in [2.05, 4.69) is 44.2 Å². The van der Waals surface area contributed by atoms with Crippen LogP contribution in [-0.4, -0.2) is 84.0 Å². The zero-order valence-corrected chi connectivity index (χ0v) is 25.7. The number of carbonyl (C=O) groups excluding carboxylic acids is 2. The lowest BCUT2D eigenvalue weighted by atomic mass is 10.1. The highest BCUT2D eigenvalue weighted by atomic mass is 19.1. The molecule has 4 heterocycles. The molecule has 2 aliphatic rings. The second kappa shape index (κ2) is 12.7. The Morgan fingerprint density at radius 3 is 2.64 bits per heavy atom. The van der Waals surface area contributed by atoms with Gasteiger partial charge < -0.3 is 25.6 Å². The monoisotopic (exact) mass is 616 g/mol. The number of H-pyrrole nitrogens is 2. The predicted octanol–water partition coefficient (Wildman–Crippen LogP) is 3.42.